The minimum Gasteiger partial charge on any atom is -0.372 e. The lowest BCUT2D eigenvalue weighted by atomic mass is 10.00. The average molecular weight is 274 g/mol. The Morgan fingerprint density at radius 3 is 2.95 bits per heavy atom. The van der Waals surface area contributed by atoms with Crippen LogP contribution in [0, 0.1) is 0 Å². The minimum atomic E-state index is 0.0581. The van der Waals surface area contributed by atoms with E-state index < -0.39 is 0 Å². The molecule has 1 aromatic heterocycles. The van der Waals surface area contributed by atoms with Crippen molar-refractivity contribution >= 4 is 17.4 Å². The molecule has 2 aromatic rings. The molecule has 0 aliphatic carbocycles. The Kier molecular flexibility index (Phi) is 3.32. The molecule has 1 aliphatic rings. The summed E-state index contributed by atoms with van der Waals surface area (Å²) in [5.74, 6) is 0.0581. The number of hydrogen-bond donors (Lipinski definition) is 0. The quantitative estimate of drug-likeness (QED) is 0.806. The minimum absolute atomic E-state index is 0.0581. The van der Waals surface area contributed by atoms with Crippen LogP contribution in [0.25, 0.3) is 0 Å². The first-order valence-corrected chi connectivity index (χ1v) is 6.43. The molecule has 0 unspecified atom stereocenters. The molecular formula is C15H12ClNO2. The number of benzene rings is 1. The number of rotatable bonds is 3. The lowest BCUT2D eigenvalue weighted by Gasteiger charge is -2.05. The van der Waals surface area contributed by atoms with Crippen LogP contribution >= 0.6 is 11.6 Å². The molecule has 0 radical (unpaired) electrons. The van der Waals surface area contributed by atoms with Gasteiger partial charge in [-0.2, -0.15) is 0 Å². The fraction of sp³-hybridized carbons (Fsp3) is 0.200. The lowest BCUT2D eigenvalue weighted by Crippen LogP contribution is -2.05. The van der Waals surface area contributed by atoms with Crippen LogP contribution in [0.1, 0.15) is 27.0 Å². The van der Waals surface area contributed by atoms with E-state index in [-0.39, 0.29) is 5.78 Å². The Morgan fingerprint density at radius 1 is 1.26 bits per heavy atom. The van der Waals surface area contributed by atoms with Gasteiger partial charge in [0.2, 0.25) is 0 Å². The number of pyridine rings is 1. The van der Waals surface area contributed by atoms with Gasteiger partial charge in [-0.05, 0) is 28.8 Å². The summed E-state index contributed by atoms with van der Waals surface area (Å²) < 4.78 is 5.35. The van der Waals surface area contributed by atoms with Gasteiger partial charge in [-0.25, -0.2) is 0 Å². The second-order valence-electron chi connectivity index (χ2n) is 4.54. The van der Waals surface area contributed by atoms with Crippen LogP contribution in [0.4, 0.5) is 0 Å². The van der Waals surface area contributed by atoms with Crippen molar-refractivity contribution in [3.63, 3.8) is 0 Å². The Labute approximate surface area is 116 Å². The summed E-state index contributed by atoms with van der Waals surface area (Å²) in [6.07, 6.45) is 3.49. The van der Waals surface area contributed by atoms with E-state index in [2.05, 4.69) is 4.98 Å². The van der Waals surface area contributed by atoms with E-state index in [0.29, 0.717) is 30.2 Å². The summed E-state index contributed by atoms with van der Waals surface area (Å²) in [5, 5.41) is 0.528. The van der Waals surface area contributed by atoms with Gasteiger partial charge in [0.15, 0.2) is 5.78 Å². The maximum atomic E-state index is 12.2. The van der Waals surface area contributed by atoms with E-state index in [4.69, 9.17) is 16.3 Å². The van der Waals surface area contributed by atoms with Gasteiger partial charge in [-0.3, -0.25) is 9.78 Å². The second kappa shape index (κ2) is 5.11. The van der Waals surface area contributed by atoms with E-state index in [9.17, 15) is 4.79 Å². The van der Waals surface area contributed by atoms with Crippen molar-refractivity contribution in [2.24, 2.45) is 0 Å². The van der Waals surface area contributed by atoms with Crippen LogP contribution in [0.5, 0.6) is 0 Å². The smallest absolute Gasteiger partial charge is 0.167 e. The molecule has 4 heteroatoms. The van der Waals surface area contributed by atoms with Crippen LogP contribution in [0.3, 0.4) is 0 Å². The highest BCUT2D eigenvalue weighted by Gasteiger charge is 2.15. The van der Waals surface area contributed by atoms with Gasteiger partial charge >= 0.3 is 0 Å². The number of hydrogen-bond acceptors (Lipinski definition) is 3. The number of nitrogens with zero attached hydrogens (tertiary/aromatic N) is 1. The van der Waals surface area contributed by atoms with Crippen molar-refractivity contribution in [1.82, 2.24) is 4.98 Å². The van der Waals surface area contributed by atoms with Gasteiger partial charge in [0.05, 0.1) is 18.2 Å². The normalized spacial score (nSPS) is 13.3. The SMILES string of the molecule is O=C(Cc1ccncc1Cl)c1ccc2c(c1)COC2. The topological polar surface area (TPSA) is 39.2 Å². The number of carbonyl (C=O) groups is 1. The highest BCUT2D eigenvalue weighted by atomic mass is 35.5. The third kappa shape index (κ3) is 2.53. The fourth-order valence-corrected chi connectivity index (χ4v) is 2.35. The first kappa shape index (κ1) is 12.3. The van der Waals surface area contributed by atoms with Crippen LogP contribution in [-0.2, 0) is 24.4 Å². The molecule has 3 nitrogen and oxygen atoms in total. The molecule has 0 amide bonds. The molecular weight excluding hydrogens is 262 g/mol. The Morgan fingerprint density at radius 2 is 2.11 bits per heavy atom. The maximum absolute atomic E-state index is 12.2. The highest BCUT2D eigenvalue weighted by Crippen LogP contribution is 2.22. The predicted molar refractivity (Wildman–Crippen MR) is 72.2 cm³/mol. The van der Waals surface area contributed by atoms with Crippen molar-refractivity contribution in [3.8, 4) is 0 Å². The molecule has 19 heavy (non-hydrogen) atoms. The summed E-state index contributed by atoms with van der Waals surface area (Å²) in [7, 11) is 0. The molecule has 0 bridgehead atoms. The van der Waals surface area contributed by atoms with Crippen molar-refractivity contribution in [3.05, 3.63) is 63.9 Å². The molecule has 2 heterocycles. The summed E-state index contributed by atoms with van der Waals surface area (Å²) in [5.41, 5.74) is 3.78. The number of ketones is 1. The zero-order valence-electron chi connectivity index (χ0n) is 10.2. The van der Waals surface area contributed by atoms with Gasteiger partial charge in [0.25, 0.3) is 0 Å². The van der Waals surface area contributed by atoms with E-state index in [1.54, 1.807) is 18.5 Å². The van der Waals surface area contributed by atoms with Crippen molar-refractivity contribution in [2.75, 3.05) is 0 Å². The van der Waals surface area contributed by atoms with E-state index in [0.717, 1.165) is 11.1 Å². The number of ether oxygens (including phenoxy) is 1. The molecule has 0 fully saturated rings. The number of carbonyl (C=O) groups excluding carboxylic acids is 1. The zero-order valence-corrected chi connectivity index (χ0v) is 11.0. The number of Topliss-reactive ketones (excluding diaryl/α,β-unsaturated/α-hetero) is 1. The molecule has 96 valence electrons. The number of aromatic nitrogens is 1. The van der Waals surface area contributed by atoms with E-state index in [1.807, 2.05) is 18.2 Å². The molecule has 3 rings (SSSR count). The molecule has 0 N–H and O–H groups in total. The van der Waals surface area contributed by atoms with Crippen LogP contribution in [-0.4, -0.2) is 10.8 Å². The third-order valence-corrected chi connectivity index (χ3v) is 3.59. The van der Waals surface area contributed by atoms with E-state index in [1.165, 1.54) is 5.56 Å². The van der Waals surface area contributed by atoms with Crippen LogP contribution < -0.4 is 0 Å². The second-order valence-corrected chi connectivity index (χ2v) is 4.95. The van der Waals surface area contributed by atoms with Crippen molar-refractivity contribution in [1.29, 1.82) is 0 Å². The highest BCUT2D eigenvalue weighted by molar-refractivity contribution is 6.31. The molecule has 1 aromatic carbocycles. The van der Waals surface area contributed by atoms with Gasteiger partial charge in [0.1, 0.15) is 0 Å². The Balaban J connectivity index is 1.83. The summed E-state index contributed by atoms with van der Waals surface area (Å²) in [6.45, 7) is 1.23. The van der Waals surface area contributed by atoms with Crippen molar-refractivity contribution in [2.45, 2.75) is 19.6 Å². The molecule has 0 saturated carbocycles. The Bertz CT molecular complexity index is 640. The average Bonchev–Trinajstić information content (AvgIpc) is 2.88. The lowest BCUT2D eigenvalue weighted by molar-refractivity contribution is 0.0993. The van der Waals surface area contributed by atoms with Gasteiger partial charge < -0.3 is 4.74 Å². The van der Waals surface area contributed by atoms with Gasteiger partial charge in [-0.15, -0.1) is 0 Å². The fourth-order valence-electron chi connectivity index (χ4n) is 2.17. The summed E-state index contributed by atoms with van der Waals surface area (Å²) >= 11 is 6.01. The summed E-state index contributed by atoms with van der Waals surface area (Å²) in [4.78, 5) is 16.2. The van der Waals surface area contributed by atoms with Crippen LogP contribution in [0.15, 0.2) is 36.7 Å². The zero-order chi connectivity index (χ0) is 13.2. The maximum Gasteiger partial charge on any atom is 0.167 e. The van der Waals surface area contributed by atoms with Gasteiger partial charge in [-0.1, -0.05) is 23.7 Å². The van der Waals surface area contributed by atoms with Crippen LogP contribution in [0.2, 0.25) is 5.02 Å². The van der Waals surface area contributed by atoms with Gasteiger partial charge in [0, 0.05) is 24.4 Å². The molecule has 1 aliphatic heterocycles. The predicted octanol–water partition coefficient (Wildman–Crippen LogP) is 3.19. The monoisotopic (exact) mass is 273 g/mol. The number of fused-ring (bicyclic) bond motifs is 1. The largest absolute Gasteiger partial charge is 0.372 e. The number of halogens is 1. The summed E-state index contributed by atoms with van der Waals surface area (Å²) in [6, 6.07) is 7.51. The van der Waals surface area contributed by atoms with E-state index >= 15 is 0 Å². The third-order valence-electron chi connectivity index (χ3n) is 3.25. The molecule has 0 saturated heterocycles. The molecule has 0 spiro atoms. The van der Waals surface area contributed by atoms with Crippen molar-refractivity contribution < 1.29 is 9.53 Å². The Hall–Kier alpha value is -1.71. The molecule has 0 atom stereocenters. The first-order valence-electron chi connectivity index (χ1n) is 6.05. The first-order chi connectivity index (χ1) is 9.24. The standard InChI is InChI=1S/C15H12ClNO2/c16-14-7-17-4-3-10(14)6-15(18)11-1-2-12-8-19-9-13(12)5-11/h1-5,7H,6,8-9H2.